The minimum absolute atomic E-state index is 0.121. The Hall–Kier alpha value is -8.30. The van der Waals surface area contributed by atoms with E-state index >= 15 is 0 Å². The quantitative estimate of drug-likeness (QED) is 0.149. The zero-order valence-electron chi connectivity index (χ0n) is 62.1. The predicted octanol–water partition coefficient (Wildman–Crippen LogP) is 22.0. The van der Waals surface area contributed by atoms with Gasteiger partial charge >= 0.3 is 0 Å². The van der Waals surface area contributed by atoms with E-state index in [2.05, 4.69) is 316 Å². The molecule has 0 aromatic heterocycles. The maximum Gasteiger partial charge on any atom is 0.124 e. The molecule has 0 saturated heterocycles. The van der Waals surface area contributed by atoms with Gasteiger partial charge in [0.15, 0.2) is 0 Å². The lowest BCUT2D eigenvalue weighted by Gasteiger charge is -2.29. The van der Waals surface area contributed by atoms with Crippen LogP contribution >= 0.6 is 0 Å². The Morgan fingerprint density at radius 2 is 0.357 bits per heavy atom. The summed E-state index contributed by atoms with van der Waals surface area (Å²) < 4.78 is 42.7. The summed E-state index contributed by atoms with van der Waals surface area (Å²) in [4.78, 5) is 5.11. The lowest BCUT2D eigenvalue weighted by molar-refractivity contribution is 0.222. The van der Waals surface area contributed by atoms with Crippen molar-refractivity contribution in [3.05, 3.63) is 282 Å². The fourth-order valence-electron chi connectivity index (χ4n) is 13.0. The largest absolute Gasteiger partial charge is 0.489 e. The van der Waals surface area contributed by atoms with Gasteiger partial charge in [-0.1, -0.05) is 252 Å². The SMILES string of the molecule is CC(C)(C)c1ccc2c(c1)CN1Cc3cc(C(C)(C)C)ccc3OCc3cccc(c3)COc3ccc(C(C)(C)C)cc3CN(Cc3cc(C(C)(C)C)ccc3OCc3cccc(c3)CO2)Cc2cc(C(C)(C)C)ccc2OCc2cccc(c2)COc2ccc(C(C)(C)C)cc2C1. The zero-order valence-corrected chi connectivity index (χ0v) is 62.1. The molecule has 3 aliphatic heterocycles. The topological polar surface area (TPSA) is 61.9 Å². The highest BCUT2D eigenvalue weighted by molar-refractivity contribution is 5.48. The molecule has 8 nitrogen and oxygen atoms in total. The summed E-state index contributed by atoms with van der Waals surface area (Å²) >= 11 is 0. The maximum atomic E-state index is 7.12. The number of hydrogen-bond donors (Lipinski definition) is 0. The summed E-state index contributed by atoms with van der Waals surface area (Å²) in [7, 11) is 0. The third-order valence-electron chi connectivity index (χ3n) is 19.3. The van der Waals surface area contributed by atoms with Crippen LogP contribution in [0.25, 0.3) is 0 Å². The molecule has 0 amide bonds. The van der Waals surface area contributed by atoms with Gasteiger partial charge in [0.25, 0.3) is 0 Å². The van der Waals surface area contributed by atoms with Gasteiger partial charge in [0.05, 0.1) is 0 Å². The van der Waals surface area contributed by atoms with Crippen LogP contribution in [0.3, 0.4) is 0 Å². The zero-order chi connectivity index (χ0) is 70.0. The van der Waals surface area contributed by atoms with Gasteiger partial charge in [0.2, 0.25) is 0 Å². The van der Waals surface area contributed by atoms with Gasteiger partial charge in [-0.3, -0.25) is 9.80 Å². The normalized spacial score (nSPS) is 16.5. The van der Waals surface area contributed by atoms with Crippen LogP contribution in [0.5, 0.6) is 34.5 Å². The van der Waals surface area contributed by atoms with Gasteiger partial charge < -0.3 is 28.4 Å². The van der Waals surface area contributed by atoms with E-state index in [0.29, 0.717) is 78.9 Å². The van der Waals surface area contributed by atoms with Crippen molar-refractivity contribution in [1.82, 2.24) is 9.80 Å². The third-order valence-corrected chi connectivity index (χ3v) is 19.3. The highest BCUT2D eigenvalue weighted by Gasteiger charge is 2.28. The predicted molar refractivity (Wildman–Crippen MR) is 402 cm³/mol. The molecule has 9 aromatic rings. The van der Waals surface area contributed by atoms with E-state index in [1.807, 2.05) is 0 Å². The smallest absolute Gasteiger partial charge is 0.124 e. The van der Waals surface area contributed by atoms with E-state index in [1.54, 1.807) is 0 Å². The molecular weight excluding hydrogens is 1200 g/mol. The molecule has 12 rings (SSSR count). The molecule has 0 spiro atoms. The van der Waals surface area contributed by atoms with Crippen LogP contribution in [0.15, 0.2) is 182 Å². The Morgan fingerprint density at radius 3 is 0.500 bits per heavy atom. The Morgan fingerprint density at radius 1 is 0.204 bits per heavy atom. The second-order valence-electron chi connectivity index (χ2n) is 33.9. The molecule has 514 valence electrons. The lowest BCUT2D eigenvalue weighted by atomic mass is 9.85. The first-order valence-corrected chi connectivity index (χ1v) is 35.5. The summed E-state index contributed by atoms with van der Waals surface area (Å²) in [5, 5.41) is 0. The number of rotatable bonds is 0. The second kappa shape index (κ2) is 28.9. The van der Waals surface area contributed by atoms with Gasteiger partial charge in [-0.05, 0) is 154 Å². The first kappa shape index (κ1) is 71.0. The lowest BCUT2D eigenvalue weighted by Crippen LogP contribution is -2.25. The molecule has 0 aliphatic carbocycles. The number of fused-ring (bicyclic) bond motifs is 6. The molecule has 0 unspecified atom stereocenters. The van der Waals surface area contributed by atoms with Crippen molar-refractivity contribution in [2.45, 2.75) is 236 Å². The van der Waals surface area contributed by atoms with Gasteiger partial charge in [-0.2, -0.15) is 0 Å². The van der Waals surface area contributed by atoms with Crippen LogP contribution in [0, 0.1) is 0 Å². The van der Waals surface area contributed by atoms with Crippen LogP contribution < -0.4 is 28.4 Å². The van der Waals surface area contributed by atoms with Crippen molar-refractivity contribution in [3.8, 4) is 34.5 Å². The minimum atomic E-state index is -0.121. The average Bonchev–Trinajstić information content (AvgIpc) is 0.813. The number of nitrogens with zero attached hydrogens (tertiary/aromatic N) is 2. The molecule has 0 saturated carbocycles. The maximum absolute atomic E-state index is 7.12. The number of benzene rings is 9. The van der Waals surface area contributed by atoms with Crippen LogP contribution in [0.1, 0.15) is 225 Å². The van der Waals surface area contributed by atoms with Crippen molar-refractivity contribution >= 4 is 0 Å². The highest BCUT2D eigenvalue weighted by atomic mass is 16.5. The highest BCUT2D eigenvalue weighted by Crippen LogP contribution is 2.40. The van der Waals surface area contributed by atoms with Crippen LogP contribution in [-0.4, -0.2) is 9.80 Å². The molecule has 0 radical (unpaired) electrons. The summed E-state index contributed by atoms with van der Waals surface area (Å²) in [6.07, 6.45) is 0. The van der Waals surface area contributed by atoms with Crippen molar-refractivity contribution in [2.24, 2.45) is 0 Å². The Kier molecular flexibility index (Phi) is 20.9. The Labute approximate surface area is 587 Å². The standard InChI is InChI=1S/C90H108N2O6/c1-85(2,3)73-28-34-79-67(43-73)49-91-50-68-44-74(86(4,5)6)29-35-80(68)94-57-63-24-20-26-65(41-63)59-97-83-38-32-77(89(13,14)15)47-71(83)53-92(52-70-46-76(88(10,11)12)31-37-82(70)96-56-62-23-19-22-61(40-62)55-93-79)54-72-48-78(90(16,17)18)33-39-84(72)98-60-66-27-21-25-64(42-66)58-95-81-36-30-75(87(7,8)9)45-69(81)51-91/h19-48H,49-60H2,1-18H3. The van der Waals surface area contributed by atoms with Crippen molar-refractivity contribution in [2.75, 3.05) is 0 Å². The van der Waals surface area contributed by atoms with Crippen molar-refractivity contribution in [1.29, 1.82) is 0 Å². The van der Waals surface area contributed by atoms with E-state index in [-0.39, 0.29) is 32.5 Å². The minimum Gasteiger partial charge on any atom is -0.489 e. The molecule has 3 heterocycles. The average molecular weight is 1310 g/mol. The fourth-order valence-corrected chi connectivity index (χ4v) is 13.0. The summed E-state index contributed by atoms with van der Waals surface area (Å²) in [6.45, 7) is 46.9. The van der Waals surface area contributed by atoms with Gasteiger partial charge in [-0.25, -0.2) is 0 Å². The van der Waals surface area contributed by atoms with Gasteiger partial charge in [-0.15, -0.1) is 0 Å². The molecule has 0 N–H and O–H groups in total. The summed E-state index contributed by atoms with van der Waals surface area (Å²) in [5.41, 5.74) is 19.7. The molecule has 3 aliphatic rings. The Balaban J connectivity index is 1.13. The second-order valence-corrected chi connectivity index (χ2v) is 33.9. The monoisotopic (exact) mass is 1310 g/mol. The molecule has 98 heavy (non-hydrogen) atoms. The summed E-state index contributed by atoms with van der Waals surface area (Å²) in [6, 6.07) is 66.9. The van der Waals surface area contributed by atoms with E-state index < -0.39 is 0 Å². The van der Waals surface area contributed by atoms with Crippen LogP contribution in [-0.2, 0) is 111 Å². The first-order chi connectivity index (χ1) is 46.2. The van der Waals surface area contributed by atoms with Crippen molar-refractivity contribution < 1.29 is 28.4 Å². The molecule has 8 heteroatoms. The van der Waals surface area contributed by atoms with Crippen LogP contribution in [0.2, 0.25) is 0 Å². The molecule has 9 aromatic carbocycles. The fraction of sp³-hybridized carbons (Fsp3) is 0.400. The van der Waals surface area contributed by atoms with Crippen molar-refractivity contribution in [3.63, 3.8) is 0 Å². The van der Waals surface area contributed by atoms with Gasteiger partial charge in [0, 0.05) is 72.6 Å². The van der Waals surface area contributed by atoms with E-state index in [1.165, 1.54) is 33.4 Å². The van der Waals surface area contributed by atoms with E-state index in [0.717, 1.165) is 101 Å². The van der Waals surface area contributed by atoms with Gasteiger partial charge in [0.1, 0.15) is 74.1 Å². The third kappa shape index (κ3) is 18.3. The van der Waals surface area contributed by atoms with Crippen LogP contribution in [0.4, 0.5) is 0 Å². The Bertz CT molecular complexity index is 3570. The molecule has 0 atom stereocenters. The number of ether oxygens (including phenoxy) is 6. The van der Waals surface area contributed by atoms with E-state index in [4.69, 9.17) is 28.4 Å². The number of hydrogen-bond acceptors (Lipinski definition) is 8. The summed E-state index contributed by atoms with van der Waals surface area (Å²) in [5.74, 6) is 5.09. The molecule has 0 fully saturated rings. The van der Waals surface area contributed by atoms with E-state index in [9.17, 15) is 0 Å². The first-order valence-electron chi connectivity index (χ1n) is 35.5. The molecule has 8 bridgehead atoms. The molecular formula is C90H108N2O6.